The van der Waals surface area contributed by atoms with Crippen molar-refractivity contribution < 1.29 is 4.79 Å². The molecule has 0 aliphatic heterocycles. The summed E-state index contributed by atoms with van der Waals surface area (Å²) in [6, 6.07) is 5.46. The lowest BCUT2D eigenvalue weighted by Crippen LogP contribution is -2.39. The second-order valence-corrected chi connectivity index (χ2v) is 7.27. The highest BCUT2D eigenvalue weighted by atomic mass is 32.1. The molecule has 1 aromatic heterocycles. The van der Waals surface area contributed by atoms with Gasteiger partial charge in [0.2, 0.25) is 0 Å². The van der Waals surface area contributed by atoms with Gasteiger partial charge < -0.3 is 9.88 Å². The van der Waals surface area contributed by atoms with E-state index in [9.17, 15) is 9.59 Å². The first-order valence-corrected chi connectivity index (χ1v) is 8.79. The molecule has 6 heteroatoms. The first-order valence-electron chi connectivity index (χ1n) is 8.38. The number of benzene rings is 1. The number of hydrogen-bond donors (Lipinski definition) is 1. The van der Waals surface area contributed by atoms with Gasteiger partial charge >= 0.3 is 0 Å². The standard InChI is InChI=1S/C18H23N3O2S/c1-11-4-7-13(8-5-11)20(2)16(22)12-6-9-14-15(10-12)19-18(24)21(3)17(14)23/h6,9-11,13H,4-5,7-8H2,1-3H3,(H,19,24). The molecular formula is C18H23N3O2S. The minimum Gasteiger partial charge on any atom is -0.339 e. The molecule has 1 N–H and O–H groups in total. The third-order valence-electron chi connectivity index (χ3n) is 5.20. The number of nitrogens with zero attached hydrogens (tertiary/aromatic N) is 2. The van der Waals surface area contributed by atoms with Crippen molar-refractivity contribution in [3.05, 3.63) is 38.9 Å². The normalized spacial score (nSPS) is 21.0. The molecule has 0 unspecified atom stereocenters. The summed E-state index contributed by atoms with van der Waals surface area (Å²) in [5, 5.41) is 0.539. The quantitative estimate of drug-likeness (QED) is 0.850. The van der Waals surface area contributed by atoms with Gasteiger partial charge in [0.25, 0.3) is 11.5 Å². The van der Waals surface area contributed by atoms with Gasteiger partial charge in [0.1, 0.15) is 0 Å². The maximum absolute atomic E-state index is 12.8. The lowest BCUT2D eigenvalue weighted by molar-refractivity contribution is 0.0679. The fraction of sp³-hybridized carbons (Fsp3) is 0.500. The molecule has 0 spiro atoms. The van der Waals surface area contributed by atoms with Crippen molar-refractivity contribution in [1.82, 2.24) is 14.5 Å². The molecule has 1 saturated carbocycles. The van der Waals surface area contributed by atoms with Gasteiger partial charge in [-0.25, -0.2) is 0 Å². The zero-order valence-electron chi connectivity index (χ0n) is 14.3. The number of H-pyrrole nitrogens is 1. The van der Waals surface area contributed by atoms with Crippen LogP contribution in [0.15, 0.2) is 23.0 Å². The molecule has 1 aliphatic rings. The van der Waals surface area contributed by atoms with E-state index >= 15 is 0 Å². The van der Waals surface area contributed by atoms with Gasteiger partial charge in [-0.2, -0.15) is 0 Å². The van der Waals surface area contributed by atoms with Gasteiger partial charge in [-0.3, -0.25) is 14.2 Å². The molecule has 1 aliphatic carbocycles. The highest BCUT2D eigenvalue weighted by molar-refractivity contribution is 7.71. The Hall–Kier alpha value is -1.95. The molecule has 1 fully saturated rings. The highest BCUT2D eigenvalue weighted by Crippen LogP contribution is 2.27. The van der Waals surface area contributed by atoms with E-state index in [2.05, 4.69) is 11.9 Å². The maximum Gasteiger partial charge on any atom is 0.261 e. The summed E-state index contributed by atoms with van der Waals surface area (Å²) < 4.78 is 1.75. The number of fused-ring (bicyclic) bond motifs is 1. The predicted molar refractivity (Wildman–Crippen MR) is 97.9 cm³/mol. The van der Waals surface area contributed by atoms with Crippen LogP contribution in [0.5, 0.6) is 0 Å². The summed E-state index contributed by atoms with van der Waals surface area (Å²) >= 11 is 5.15. The van der Waals surface area contributed by atoms with Gasteiger partial charge in [0.05, 0.1) is 10.9 Å². The van der Waals surface area contributed by atoms with Crippen LogP contribution in [0.2, 0.25) is 0 Å². The Morgan fingerprint density at radius 3 is 2.62 bits per heavy atom. The van der Waals surface area contributed by atoms with Crippen molar-refractivity contribution >= 4 is 29.0 Å². The minimum atomic E-state index is -0.151. The third-order valence-corrected chi connectivity index (χ3v) is 5.58. The van der Waals surface area contributed by atoms with Crippen molar-refractivity contribution in [2.45, 2.75) is 38.6 Å². The molecule has 5 nitrogen and oxygen atoms in total. The molecule has 24 heavy (non-hydrogen) atoms. The van der Waals surface area contributed by atoms with E-state index in [0.717, 1.165) is 18.8 Å². The molecule has 0 atom stereocenters. The largest absolute Gasteiger partial charge is 0.339 e. The van der Waals surface area contributed by atoms with Crippen LogP contribution >= 0.6 is 12.2 Å². The van der Waals surface area contributed by atoms with E-state index in [0.29, 0.717) is 27.3 Å². The number of nitrogens with one attached hydrogen (secondary N) is 1. The molecule has 1 amide bonds. The average Bonchev–Trinajstić information content (AvgIpc) is 2.58. The lowest BCUT2D eigenvalue weighted by atomic mass is 9.86. The second-order valence-electron chi connectivity index (χ2n) is 6.88. The Labute approximate surface area is 146 Å². The molecule has 0 bridgehead atoms. The topological polar surface area (TPSA) is 58.1 Å². The monoisotopic (exact) mass is 345 g/mol. The first-order chi connectivity index (χ1) is 11.4. The number of amides is 1. The van der Waals surface area contributed by atoms with E-state index in [1.165, 1.54) is 17.4 Å². The van der Waals surface area contributed by atoms with E-state index in [-0.39, 0.29) is 11.5 Å². The van der Waals surface area contributed by atoms with Crippen LogP contribution in [-0.4, -0.2) is 33.4 Å². The minimum absolute atomic E-state index is 0.00329. The lowest BCUT2D eigenvalue weighted by Gasteiger charge is -2.33. The number of hydrogen-bond acceptors (Lipinski definition) is 3. The van der Waals surface area contributed by atoms with Crippen LogP contribution in [0.1, 0.15) is 43.0 Å². The van der Waals surface area contributed by atoms with Crippen LogP contribution < -0.4 is 5.56 Å². The van der Waals surface area contributed by atoms with E-state index in [4.69, 9.17) is 12.2 Å². The average molecular weight is 345 g/mol. The Kier molecular flexibility index (Phi) is 4.58. The molecule has 0 saturated heterocycles. The fourth-order valence-corrected chi connectivity index (χ4v) is 3.63. The summed E-state index contributed by atoms with van der Waals surface area (Å²) in [6.45, 7) is 2.27. The van der Waals surface area contributed by atoms with Crippen molar-refractivity contribution in [3.8, 4) is 0 Å². The second kappa shape index (κ2) is 6.51. The Morgan fingerprint density at radius 1 is 1.29 bits per heavy atom. The van der Waals surface area contributed by atoms with E-state index < -0.39 is 0 Å². The van der Waals surface area contributed by atoms with Crippen LogP contribution in [0.25, 0.3) is 10.9 Å². The van der Waals surface area contributed by atoms with Crippen LogP contribution in [0.3, 0.4) is 0 Å². The van der Waals surface area contributed by atoms with Gasteiger partial charge in [-0.15, -0.1) is 0 Å². The van der Waals surface area contributed by atoms with Crippen LogP contribution in [0.4, 0.5) is 0 Å². The molecule has 128 valence electrons. The van der Waals surface area contributed by atoms with Crippen molar-refractivity contribution in [2.75, 3.05) is 7.05 Å². The zero-order chi connectivity index (χ0) is 17.4. The number of aromatic nitrogens is 2. The number of rotatable bonds is 2. The Morgan fingerprint density at radius 2 is 1.96 bits per heavy atom. The number of aromatic amines is 1. The first kappa shape index (κ1) is 16.9. The molecule has 3 rings (SSSR count). The maximum atomic E-state index is 12.8. The fourth-order valence-electron chi connectivity index (χ4n) is 3.44. The molecular weight excluding hydrogens is 322 g/mol. The van der Waals surface area contributed by atoms with Gasteiger partial charge in [-0.05, 0) is 62.0 Å². The number of carbonyl (C=O) groups is 1. The Balaban J connectivity index is 1.91. The summed E-state index contributed by atoms with van der Waals surface area (Å²) in [6.07, 6.45) is 4.45. The smallest absolute Gasteiger partial charge is 0.261 e. The number of carbonyl (C=O) groups excluding carboxylic acids is 1. The Bertz CT molecular complexity index is 891. The van der Waals surface area contributed by atoms with E-state index in [1.54, 1.807) is 25.2 Å². The molecule has 1 heterocycles. The molecule has 2 aromatic rings. The van der Waals surface area contributed by atoms with Crippen molar-refractivity contribution in [2.24, 2.45) is 13.0 Å². The summed E-state index contributed by atoms with van der Waals surface area (Å²) in [7, 11) is 3.51. The van der Waals surface area contributed by atoms with Gasteiger partial charge in [0.15, 0.2) is 4.77 Å². The van der Waals surface area contributed by atoms with Crippen LogP contribution in [-0.2, 0) is 7.05 Å². The highest BCUT2D eigenvalue weighted by Gasteiger charge is 2.25. The SMILES string of the molecule is CC1CCC(N(C)C(=O)c2ccc3c(=O)n(C)c(=S)[nH]c3c2)CC1. The molecule has 0 radical (unpaired) electrons. The van der Waals surface area contributed by atoms with Crippen molar-refractivity contribution in [3.63, 3.8) is 0 Å². The zero-order valence-corrected chi connectivity index (χ0v) is 15.2. The predicted octanol–water partition coefficient (Wildman–Crippen LogP) is 3.25. The summed E-state index contributed by atoms with van der Waals surface area (Å²) in [4.78, 5) is 29.9. The molecule has 1 aromatic carbocycles. The summed E-state index contributed by atoms with van der Waals surface area (Å²) in [5.74, 6) is 0.748. The van der Waals surface area contributed by atoms with E-state index in [1.807, 2.05) is 11.9 Å². The van der Waals surface area contributed by atoms with Crippen molar-refractivity contribution in [1.29, 1.82) is 0 Å². The van der Waals surface area contributed by atoms with Gasteiger partial charge in [-0.1, -0.05) is 6.92 Å². The third kappa shape index (κ3) is 3.02. The van der Waals surface area contributed by atoms with Gasteiger partial charge in [0, 0.05) is 25.7 Å². The summed E-state index contributed by atoms with van der Waals surface area (Å²) in [5.41, 5.74) is 1.05. The van der Waals surface area contributed by atoms with Crippen LogP contribution in [0, 0.1) is 10.7 Å².